The van der Waals surface area contributed by atoms with Crippen LogP contribution in [-0.4, -0.2) is 35.8 Å². The molecule has 1 aliphatic rings. The van der Waals surface area contributed by atoms with Crippen LogP contribution in [0.1, 0.15) is 54.5 Å². The van der Waals surface area contributed by atoms with Gasteiger partial charge in [-0.1, -0.05) is 37.3 Å². The van der Waals surface area contributed by atoms with Gasteiger partial charge in [0.05, 0.1) is 11.1 Å². The Kier molecular flexibility index (Phi) is 8.65. The molecule has 0 aromatic heterocycles. The molecule has 36 heavy (non-hydrogen) atoms. The maximum atomic E-state index is 13.2. The molecule has 0 spiro atoms. The summed E-state index contributed by atoms with van der Waals surface area (Å²) in [5, 5.41) is 5.45. The molecule has 2 N–H and O–H groups in total. The van der Waals surface area contributed by atoms with Crippen molar-refractivity contribution in [2.75, 3.05) is 13.1 Å². The number of halogens is 6. The maximum Gasteiger partial charge on any atom is 0.416 e. The van der Waals surface area contributed by atoms with Crippen molar-refractivity contribution in [3.05, 3.63) is 70.8 Å². The average molecular weight is 515 g/mol. The number of benzene rings is 2. The lowest BCUT2D eigenvalue weighted by atomic mass is 9.98. The third-order valence-electron chi connectivity index (χ3n) is 6.06. The van der Waals surface area contributed by atoms with Crippen LogP contribution in [0, 0.1) is 0 Å². The van der Waals surface area contributed by atoms with Crippen molar-refractivity contribution >= 4 is 11.8 Å². The van der Waals surface area contributed by atoms with Gasteiger partial charge in [0.1, 0.15) is 6.04 Å². The lowest BCUT2D eigenvalue weighted by Crippen LogP contribution is -2.48. The summed E-state index contributed by atoms with van der Waals surface area (Å²) in [6.45, 7) is 2.20. The van der Waals surface area contributed by atoms with Crippen LogP contribution in [0.25, 0.3) is 0 Å². The number of piperidine rings is 1. The van der Waals surface area contributed by atoms with Crippen LogP contribution in [0.5, 0.6) is 0 Å². The summed E-state index contributed by atoms with van der Waals surface area (Å²) < 4.78 is 79.0. The molecule has 1 fully saturated rings. The zero-order valence-corrected chi connectivity index (χ0v) is 19.5. The fourth-order valence-electron chi connectivity index (χ4n) is 4.20. The summed E-state index contributed by atoms with van der Waals surface area (Å²) in [5.74, 6) is -0.603. The average Bonchev–Trinajstić information content (AvgIpc) is 2.83. The number of likely N-dealkylation sites (tertiary alicyclic amines) is 1. The van der Waals surface area contributed by atoms with Crippen molar-refractivity contribution < 1.29 is 35.9 Å². The second-order valence-corrected chi connectivity index (χ2v) is 8.68. The normalized spacial score (nSPS) is 16.4. The Labute approximate surface area is 204 Å². The number of alkyl halides is 6. The van der Waals surface area contributed by atoms with Gasteiger partial charge in [0, 0.05) is 32.1 Å². The molecule has 1 unspecified atom stereocenters. The van der Waals surface area contributed by atoms with Crippen molar-refractivity contribution in [1.82, 2.24) is 15.5 Å². The lowest BCUT2D eigenvalue weighted by molar-refractivity contribution is -0.143. The van der Waals surface area contributed by atoms with E-state index in [1.165, 1.54) is 0 Å². The Morgan fingerprint density at radius 1 is 0.944 bits per heavy atom. The van der Waals surface area contributed by atoms with E-state index in [0.717, 1.165) is 0 Å². The second kappa shape index (κ2) is 11.3. The lowest BCUT2D eigenvalue weighted by Gasteiger charge is -2.37. The Balaban J connectivity index is 1.78. The predicted octanol–water partition coefficient (Wildman–Crippen LogP) is 5.07. The molecule has 0 aliphatic carbocycles. The van der Waals surface area contributed by atoms with Crippen LogP contribution in [0.15, 0.2) is 48.5 Å². The Morgan fingerprint density at radius 2 is 1.50 bits per heavy atom. The predicted molar refractivity (Wildman–Crippen MR) is 121 cm³/mol. The molecule has 5 nitrogen and oxygen atoms in total. The largest absolute Gasteiger partial charge is 0.416 e. The van der Waals surface area contributed by atoms with Gasteiger partial charge in [-0.15, -0.1) is 0 Å². The van der Waals surface area contributed by atoms with E-state index in [9.17, 15) is 35.9 Å². The van der Waals surface area contributed by atoms with Crippen LogP contribution >= 0.6 is 0 Å². The van der Waals surface area contributed by atoms with Gasteiger partial charge >= 0.3 is 12.4 Å². The highest BCUT2D eigenvalue weighted by Crippen LogP contribution is 2.36. The van der Waals surface area contributed by atoms with Crippen molar-refractivity contribution in [2.45, 2.75) is 57.2 Å². The molecule has 0 radical (unpaired) electrons. The molecule has 1 heterocycles. The van der Waals surface area contributed by atoms with Crippen LogP contribution in [0.3, 0.4) is 0 Å². The summed E-state index contributed by atoms with van der Waals surface area (Å²) in [6.07, 6.45) is -8.37. The molecule has 1 saturated heterocycles. The van der Waals surface area contributed by atoms with E-state index in [1.54, 1.807) is 37.3 Å². The van der Waals surface area contributed by atoms with Gasteiger partial charge in [0.2, 0.25) is 11.8 Å². The number of carbonyl (C=O) groups excluding carboxylic acids is 2. The van der Waals surface area contributed by atoms with E-state index in [-0.39, 0.29) is 23.6 Å². The topological polar surface area (TPSA) is 61.4 Å². The molecular formula is C25H27F6N3O2. The van der Waals surface area contributed by atoms with E-state index in [0.29, 0.717) is 50.0 Å². The van der Waals surface area contributed by atoms with Crippen molar-refractivity contribution in [3.63, 3.8) is 0 Å². The van der Waals surface area contributed by atoms with Crippen LogP contribution < -0.4 is 10.6 Å². The Morgan fingerprint density at radius 3 is 2.00 bits per heavy atom. The monoisotopic (exact) mass is 515 g/mol. The number of nitrogens with zero attached hydrogens (tertiary/aromatic N) is 1. The first-order valence-electron chi connectivity index (χ1n) is 11.5. The van der Waals surface area contributed by atoms with Gasteiger partial charge in [0.15, 0.2) is 0 Å². The minimum atomic E-state index is -4.97. The fraction of sp³-hybridized carbons (Fsp3) is 0.440. The highest BCUT2D eigenvalue weighted by Gasteiger charge is 2.37. The summed E-state index contributed by atoms with van der Waals surface area (Å²) in [7, 11) is 0. The van der Waals surface area contributed by atoms with Gasteiger partial charge in [-0.25, -0.2) is 0 Å². The van der Waals surface area contributed by atoms with E-state index in [1.807, 2.05) is 4.90 Å². The van der Waals surface area contributed by atoms with Gasteiger partial charge in [-0.3, -0.25) is 14.5 Å². The molecule has 0 bridgehead atoms. The van der Waals surface area contributed by atoms with Crippen molar-refractivity contribution in [2.24, 2.45) is 0 Å². The fourth-order valence-corrected chi connectivity index (χ4v) is 4.20. The summed E-state index contributed by atoms with van der Waals surface area (Å²) in [6, 6.07) is 9.18. The van der Waals surface area contributed by atoms with Gasteiger partial charge < -0.3 is 10.6 Å². The minimum absolute atomic E-state index is 0.0286. The molecule has 1 atom stereocenters. The first-order valence-corrected chi connectivity index (χ1v) is 11.5. The number of hydrogen-bond acceptors (Lipinski definition) is 3. The third kappa shape index (κ3) is 7.22. The van der Waals surface area contributed by atoms with Gasteiger partial charge in [0.25, 0.3) is 0 Å². The van der Waals surface area contributed by atoms with E-state index >= 15 is 0 Å². The minimum Gasteiger partial charge on any atom is -0.353 e. The maximum absolute atomic E-state index is 13.2. The first-order chi connectivity index (χ1) is 16.9. The standard InChI is InChI=1S/C25H27F6N3O2/c1-2-21(35)33-20-8-10-34(11-9-20)22(17-6-4-3-5-7-17)23(36)32-15-16-12-18(24(26,27)28)14-19(13-16)25(29,30)31/h3-7,12-14,20,22H,2,8-11,15H2,1H3,(H,32,36)(H,33,35). The summed E-state index contributed by atoms with van der Waals surface area (Å²) in [5.41, 5.74) is -2.53. The van der Waals surface area contributed by atoms with Gasteiger partial charge in [-0.2, -0.15) is 26.3 Å². The van der Waals surface area contributed by atoms with E-state index in [2.05, 4.69) is 10.6 Å². The smallest absolute Gasteiger partial charge is 0.353 e. The molecule has 3 rings (SSSR count). The first kappa shape index (κ1) is 27.5. The van der Waals surface area contributed by atoms with Crippen LogP contribution in [0.2, 0.25) is 0 Å². The highest BCUT2D eigenvalue weighted by atomic mass is 19.4. The number of rotatable bonds is 7. The van der Waals surface area contributed by atoms with Crippen LogP contribution in [-0.2, 0) is 28.5 Å². The van der Waals surface area contributed by atoms with Crippen LogP contribution in [0.4, 0.5) is 26.3 Å². The van der Waals surface area contributed by atoms with E-state index < -0.39 is 42.0 Å². The molecule has 2 aromatic carbocycles. The Hall–Kier alpha value is -3.08. The molecule has 2 aromatic rings. The van der Waals surface area contributed by atoms with E-state index in [4.69, 9.17) is 0 Å². The number of hydrogen-bond donors (Lipinski definition) is 2. The highest BCUT2D eigenvalue weighted by molar-refractivity contribution is 5.83. The zero-order chi connectivity index (χ0) is 26.5. The third-order valence-corrected chi connectivity index (χ3v) is 6.06. The molecule has 196 valence electrons. The number of carbonyl (C=O) groups is 2. The molecule has 2 amide bonds. The molecular weight excluding hydrogens is 488 g/mol. The second-order valence-electron chi connectivity index (χ2n) is 8.68. The SMILES string of the molecule is CCC(=O)NC1CCN(C(C(=O)NCc2cc(C(F)(F)F)cc(C(F)(F)F)c2)c2ccccc2)CC1. The van der Waals surface area contributed by atoms with Crippen molar-refractivity contribution in [3.8, 4) is 0 Å². The number of nitrogens with one attached hydrogen (secondary N) is 2. The molecule has 11 heteroatoms. The molecule has 0 saturated carbocycles. The molecule has 1 aliphatic heterocycles. The van der Waals surface area contributed by atoms with Gasteiger partial charge in [-0.05, 0) is 42.2 Å². The quantitative estimate of drug-likeness (QED) is 0.506. The summed E-state index contributed by atoms with van der Waals surface area (Å²) >= 11 is 0. The van der Waals surface area contributed by atoms with Crippen molar-refractivity contribution in [1.29, 1.82) is 0 Å². The Bertz CT molecular complexity index is 1020. The summed E-state index contributed by atoms with van der Waals surface area (Å²) in [4.78, 5) is 26.8. The zero-order valence-electron chi connectivity index (χ0n) is 19.5. The number of amides is 2.